The lowest BCUT2D eigenvalue weighted by atomic mass is 10.0. The SMILES string of the molecule is Cc1[nH]c2c(F)ccc(C)c2c1CCNC(=O)c1nc2ccc(Br)cc2s1. The summed E-state index contributed by atoms with van der Waals surface area (Å²) in [7, 11) is 0. The first-order valence-electron chi connectivity index (χ1n) is 8.54. The van der Waals surface area contributed by atoms with Crippen LogP contribution in [0.3, 0.4) is 0 Å². The minimum Gasteiger partial charge on any atom is -0.356 e. The standard InChI is InChI=1S/C20H17BrFN3OS/c1-10-3-5-14(22)18-17(10)13(11(2)24-18)7-8-23-19(26)20-25-15-6-4-12(21)9-16(15)27-20/h3-6,9,24H,7-8H2,1-2H3,(H,23,26). The van der Waals surface area contributed by atoms with Gasteiger partial charge in [-0.1, -0.05) is 22.0 Å². The molecule has 2 N–H and O–H groups in total. The minimum absolute atomic E-state index is 0.187. The third-order valence-corrected chi connectivity index (χ3v) is 6.15. The number of nitrogens with one attached hydrogen (secondary N) is 2. The molecule has 7 heteroatoms. The monoisotopic (exact) mass is 445 g/mol. The maximum absolute atomic E-state index is 14.0. The Hall–Kier alpha value is -2.25. The van der Waals surface area contributed by atoms with Crippen LogP contribution < -0.4 is 5.32 Å². The fourth-order valence-corrected chi connectivity index (χ4v) is 4.76. The highest BCUT2D eigenvalue weighted by atomic mass is 79.9. The summed E-state index contributed by atoms with van der Waals surface area (Å²) in [6.45, 7) is 4.36. The Labute approximate surface area is 167 Å². The molecular formula is C20H17BrFN3OS. The first-order chi connectivity index (χ1) is 12.9. The third-order valence-electron chi connectivity index (χ3n) is 4.64. The Balaban J connectivity index is 1.51. The number of nitrogens with zero attached hydrogens (tertiary/aromatic N) is 1. The molecule has 0 saturated carbocycles. The maximum atomic E-state index is 14.0. The predicted molar refractivity (Wildman–Crippen MR) is 111 cm³/mol. The van der Waals surface area contributed by atoms with Crippen LogP contribution in [0, 0.1) is 19.7 Å². The Morgan fingerprint density at radius 3 is 2.93 bits per heavy atom. The van der Waals surface area contributed by atoms with E-state index in [0.717, 1.165) is 36.9 Å². The van der Waals surface area contributed by atoms with Gasteiger partial charge in [0.2, 0.25) is 0 Å². The van der Waals surface area contributed by atoms with Crippen molar-refractivity contribution in [2.75, 3.05) is 6.54 Å². The van der Waals surface area contributed by atoms with E-state index in [1.165, 1.54) is 17.4 Å². The number of thiazole rings is 1. The number of halogens is 2. The van der Waals surface area contributed by atoms with Crippen LogP contribution in [0.4, 0.5) is 4.39 Å². The predicted octanol–water partition coefficient (Wildman–Crippen LogP) is 5.27. The lowest BCUT2D eigenvalue weighted by Gasteiger charge is -2.05. The number of aromatic amines is 1. The second-order valence-electron chi connectivity index (χ2n) is 6.48. The lowest BCUT2D eigenvalue weighted by Crippen LogP contribution is -2.25. The number of aryl methyl sites for hydroxylation is 2. The van der Waals surface area contributed by atoms with Crippen LogP contribution in [0.2, 0.25) is 0 Å². The van der Waals surface area contributed by atoms with Crippen molar-refractivity contribution in [3.05, 3.63) is 62.5 Å². The molecule has 0 spiro atoms. The molecule has 0 unspecified atom stereocenters. The van der Waals surface area contributed by atoms with E-state index in [-0.39, 0.29) is 11.7 Å². The van der Waals surface area contributed by atoms with Crippen molar-refractivity contribution < 1.29 is 9.18 Å². The Morgan fingerprint density at radius 2 is 2.11 bits per heavy atom. The van der Waals surface area contributed by atoms with E-state index in [0.29, 0.717) is 23.5 Å². The van der Waals surface area contributed by atoms with Gasteiger partial charge in [0.05, 0.1) is 15.7 Å². The zero-order valence-electron chi connectivity index (χ0n) is 14.8. The van der Waals surface area contributed by atoms with Gasteiger partial charge in [0, 0.05) is 22.1 Å². The normalized spacial score (nSPS) is 11.4. The van der Waals surface area contributed by atoms with Crippen molar-refractivity contribution in [1.82, 2.24) is 15.3 Å². The highest BCUT2D eigenvalue weighted by Gasteiger charge is 2.15. The number of hydrogen-bond donors (Lipinski definition) is 2. The van der Waals surface area contributed by atoms with Gasteiger partial charge in [0.1, 0.15) is 5.82 Å². The zero-order valence-corrected chi connectivity index (χ0v) is 17.2. The van der Waals surface area contributed by atoms with E-state index in [2.05, 4.69) is 31.2 Å². The number of aromatic nitrogens is 2. The van der Waals surface area contributed by atoms with E-state index in [4.69, 9.17) is 0 Å². The molecule has 27 heavy (non-hydrogen) atoms. The van der Waals surface area contributed by atoms with Gasteiger partial charge < -0.3 is 10.3 Å². The van der Waals surface area contributed by atoms with Crippen LogP contribution in [0.15, 0.2) is 34.8 Å². The van der Waals surface area contributed by atoms with Crippen LogP contribution in [0.25, 0.3) is 21.1 Å². The van der Waals surface area contributed by atoms with E-state index < -0.39 is 0 Å². The van der Waals surface area contributed by atoms with Crippen LogP contribution in [-0.4, -0.2) is 22.4 Å². The summed E-state index contributed by atoms with van der Waals surface area (Å²) >= 11 is 4.80. The zero-order chi connectivity index (χ0) is 19.1. The van der Waals surface area contributed by atoms with E-state index in [1.54, 1.807) is 6.07 Å². The molecule has 0 aliphatic rings. The molecule has 0 saturated heterocycles. The first kappa shape index (κ1) is 18.1. The minimum atomic E-state index is -0.255. The molecule has 2 aromatic heterocycles. The summed E-state index contributed by atoms with van der Waals surface area (Å²) in [5.74, 6) is -0.442. The Kier molecular flexibility index (Phi) is 4.74. The largest absolute Gasteiger partial charge is 0.356 e. The van der Waals surface area contributed by atoms with Crippen LogP contribution >= 0.6 is 27.3 Å². The van der Waals surface area contributed by atoms with Gasteiger partial charge in [-0.3, -0.25) is 4.79 Å². The molecule has 4 nitrogen and oxygen atoms in total. The van der Waals surface area contributed by atoms with Crippen molar-refractivity contribution in [2.45, 2.75) is 20.3 Å². The molecule has 4 rings (SSSR count). The molecule has 1 amide bonds. The summed E-state index contributed by atoms with van der Waals surface area (Å²) in [5, 5.41) is 4.28. The summed E-state index contributed by atoms with van der Waals surface area (Å²) in [6.07, 6.45) is 0.623. The van der Waals surface area contributed by atoms with E-state index in [1.807, 2.05) is 32.0 Å². The van der Waals surface area contributed by atoms with Crippen molar-refractivity contribution in [1.29, 1.82) is 0 Å². The number of H-pyrrole nitrogens is 1. The van der Waals surface area contributed by atoms with Crippen LogP contribution in [0.5, 0.6) is 0 Å². The van der Waals surface area contributed by atoms with Crippen molar-refractivity contribution in [3.8, 4) is 0 Å². The number of fused-ring (bicyclic) bond motifs is 2. The van der Waals surface area contributed by atoms with Crippen molar-refractivity contribution in [2.24, 2.45) is 0 Å². The molecule has 2 heterocycles. The summed E-state index contributed by atoms with van der Waals surface area (Å²) in [5.41, 5.74) is 4.33. The van der Waals surface area contributed by atoms with Gasteiger partial charge in [-0.15, -0.1) is 11.3 Å². The van der Waals surface area contributed by atoms with Gasteiger partial charge >= 0.3 is 0 Å². The molecule has 0 aliphatic heterocycles. The molecule has 4 aromatic rings. The number of carbonyl (C=O) groups is 1. The number of carbonyl (C=O) groups excluding carboxylic acids is 1. The molecule has 0 atom stereocenters. The lowest BCUT2D eigenvalue weighted by molar-refractivity contribution is 0.0954. The smallest absolute Gasteiger partial charge is 0.280 e. The van der Waals surface area contributed by atoms with Crippen molar-refractivity contribution in [3.63, 3.8) is 0 Å². The Morgan fingerprint density at radius 1 is 1.30 bits per heavy atom. The van der Waals surface area contributed by atoms with Gasteiger partial charge in [-0.25, -0.2) is 9.37 Å². The maximum Gasteiger partial charge on any atom is 0.280 e. The fourth-order valence-electron chi connectivity index (χ4n) is 3.33. The molecule has 138 valence electrons. The second-order valence-corrected chi connectivity index (χ2v) is 8.43. The highest BCUT2D eigenvalue weighted by molar-refractivity contribution is 9.10. The van der Waals surface area contributed by atoms with Crippen LogP contribution in [-0.2, 0) is 6.42 Å². The van der Waals surface area contributed by atoms with E-state index >= 15 is 0 Å². The summed E-state index contributed by atoms with van der Waals surface area (Å²) < 4.78 is 16.0. The molecule has 0 aliphatic carbocycles. The average Bonchev–Trinajstić information content (AvgIpc) is 3.20. The molecule has 0 radical (unpaired) electrons. The Bertz CT molecular complexity index is 1180. The quantitative estimate of drug-likeness (QED) is 0.449. The fraction of sp³-hybridized carbons (Fsp3) is 0.200. The number of rotatable bonds is 4. The van der Waals surface area contributed by atoms with Gasteiger partial charge in [0.15, 0.2) is 5.01 Å². The van der Waals surface area contributed by atoms with Gasteiger partial charge in [-0.05, 0) is 55.7 Å². The van der Waals surface area contributed by atoms with Crippen molar-refractivity contribution >= 4 is 54.3 Å². The highest BCUT2D eigenvalue weighted by Crippen LogP contribution is 2.28. The molecule has 2 aromatic carbocycles. The number of hydrogen-bond acceptors (Lipinski definition) is 3. The second kappa shape index (κ2) is 7.05. The molecule has 0 fully saturated rings. The summed E-state index contributed by atoms with van der Waals surface area (Å²) in [6, 6.07) is 9.01. The third kappa shape index (κ3) is 3.37. The van der Waals surface area contributed by atoms with Gasteiger partial charge in [-0.2, -0.15) is 0 Å². The average molecular weight is 446 g/mol. The molecular weight excluding hydrogens is 429 g/mol. The van der Waals surface area contributed by atoms with Crippen LogP contribution in [0.1, 0.15) is 26.6 Å². The number of amides is 1. The molecule has 0 bridgehead atoms. The van der Waals surface area contributed by atoms with Gasteiger partial charge in [0.25, 0.3) is 5.91 Å². The first-order valence-corrected chi connectivity index (χ1v) is 10.2. The van der Waals surface area contributed by atoms with E-state index in [9.17, 15) is 9.18 Å². The topological polar surface area (TPSA) is 57.8 Å². The summed E-state index contributed by atoms with van der Waals surface area (Å²) in [4.78, 5) is 20.0. The number of benzene rings is 2.